The van der Waals surface area contributed by atoms with Crippen LogP contribution in [-0.2, 0) is 0 Å². The Morgan fingerprint density at radius 2 is 1.80 bits per heavy atom. The number of halogens is 2. The van der Waals surface area contributed by atoms with Crippen molar-refractivity contribution in [3.63, 3.8) is 0 Å². The molecule has 0 spiro atoms. The summed E-state index contributed by atoms with van der Waals surface area (Å²) in [6.07, 6.45) is 4.84. The first-order valence-electron chi connectivity index (χ1n) is 5.27. The molecule has 15 heavy (non-hydrogen) atoms. The molecular weight excluding hydrogens is 229 g/mol. The van der Waals surface area contributed by atoms with Crippen LogP contribution < -0.4 is 5.73 Å². The van der Waals surface area contributed by atoms with Gasteiger partial charge in [0.15, 0.2) is 0 Å². The van der Waals surface area contributed by atoms with Crippen LogP contribution in [0.1, 0.15) is 37.2 Å². The third kappa shape index (κ3) is 3.37. The Balaban J connectivity index is 0.00000112. The standard InChI is InChI=1S/C12H16ClN.ClH/c13-11-6-4-9(5-7-11)10-2-1-3-12(14)8-10;/h4-7,10,12H,1-3,8,14H2;1H/t10-,12+;/m0./s1. The molecule has 2 rings (SSSR count). The minimum absolute atomic E-state index is 0. The maximum absolute atomic E-state index is 5.97. The van der Waals surface area contributed by atoms with Crippen LogP contribution in [-0.4, -0.2) is 6.04 Å². The zero-order valence-electron chi connectivity index (χ0n) is 8.66. The van der Waals surface area contributed by atoms with Crippen molar-refractivity contribution in [3.8, 4) is 0 Å². The van der Waals surface area contributed by atoms with Crippen molar-refractivity contribution in [2.75, 3.05) is 0 Å². The smallest absolute Gasteiger partial charge is 0.0406 e. The van der Waals surface area contributed by atoms with E-state index in [1.807, 2.05) is 12.1 Å². The monoisotopic (exact) mass is 245 g/mol. The fraction of sp³-hybridized carbons (Fsp3) is 0.500. The van der Waals surface area contributed by atoms with E-state index < -0.39 is 0 Å². The van der Waals surface area contributed by atoms with E-state index >= 15 is 0 Å². The molecule has 2 N–H and O–H groups in total. The normalized spacial score (nSPS) is 25.7. The molecular formula is C12H17Cl2N. The molecule has 0 radical (unpaired) electrons. The molecule has 0 saturated heterocycles. The number of hydrogen-bond acceptors (Lipinski definition) is 1. The van der Waals surface area contributed by atoms with Crippen molar-refractivity contribution >= 4 is 24.0 Å². The summed E-state index contributed by atoms with van der Waals surface area (Å²) in [6.45, 7) is 0. The lowest BCUT2D eigenvalue weighted by atomic mass is 9.82. The van der Waals surface area contributed by atoms with E-state index in [-0.39, 0.29) is 12.4 Å². The average molecular weight is 246 g/mol. The van der Waals surface area contributed by atoms with E-state index in [2.05, 4.69) is 12.1 Å². The third-order valence-corrected chi connectivity index (χ3v) is 3.31. The molecule has 0 bridgehead atoms. The largest absolute Gasteiger partial charge is 0.328 e. The van der Waals surface area contributed by atoms with Gasteiger partial charge in [0.25, 0.3) is 0 Å². The van der Waals surface area contributed by atoms with Gasteiger partial charge in [-0.2, -0.15) is 0 Å². The molecule has 0 aromatic heterocycles. The second-order valence-corrected chi connectivity index (χ2v) is 4.61. The van der Waals surface area contributed by atoms with Crippen LogP contribution >= 0.6 is 24.0 Å². The summed E-state index contributed by atoms with van der Waals surface area (Å²) < 4.78 is 0. The van der Waals surface area contributed by atoms with Gasteiger partial charge < -0.3 is 5.73 Å². The minimum Gasteiger partial charge on any atom is -0.328 e. The van der Waals surface area contributed by atoms with Gasteiger partial charge in [0, 0.05) is 11.1 Å². The molecule has 1 aromatic rings. The first-order valence-corrected chi connectivity index (χ1v) is 5.64. The van der Waals surface area contributed by atoms with E-state index in [1.54, 1.807) is 0 Å². The molecule has 84 valence electrons. The molecule has 0 amide bonds. The zero-order chi connectivity index (χ0) is 9.97. The van der Waals surface area contributed by atoms with Gasteiger partial charge >= 0.3 is 0 Å². The van der Waals surface area contributed by atoms with Crippen molar-refractivity contribution in [1.29, 1.82) is 0 Å². The average Bonchev–Trinajstić information content (AvgIpc) is 2.19. The third-order valence-electron chi connectivity index (χ3n) is 3.06. The molecule has 1 aromatic carbocycles. The van der Waals surface area contributed by atoms with Gasteiger partial charge in [-0.1, -0.05) is 30.2 Å². The van der Waals surface area contributed by atoms with Crippen molar-refractivity contribution in [1.82, 2.24) is 0 Å². The van der Waals surface area contributed by atoms with Crippen LogP contribution in [0.3, 0.4) is 0 Å². The van der Waals surface area contributed by atoms with Gasteiger partial charge in [-0.3, -0.25) is 0 Å². The van der Waals surface area contributed by atoms with Crippen LogP contribution in [0, 0.1) is 0 Å². The van der Waals surface area contributed by atoms with Gasteiger partial charge in [-0.15, -0.1) is 12.4 Å². The minimum atomic E-state index is 0. The molecule has 1 saturated carbocycles. The van der Waals surface area contributed by atoms with Crippen LogP contribution in [0.25, 0.3) is 0 Å². The molecule has 0 unspecified atom stereocenters. The Bertz CT molecular complexity index is 297. The summed E-state index contributed by atoms with van der Waals surface area (Å²) in [6, 6.07) is 8.59. The predicted octanol–water partition coefficient (Wildman–Crippen LogP) is 3.75. The highest BCUT2D eigenvalue weighted by molar-refractivity contribution is 6.30. The summed E-state index contributed by atoms with van der Waals surface area (Å²) >= 11 is 5.85. The molecule has 0 aliphatic heterocycles. The van der Waals surface area contributed by atoms with Crippen molar-refractivity contribution in [3.05, 3.63) is 34.9 Å². The lowest BCUT2D eigenvalue weighted by Gasteiger charge is -2.26. The molecule has 1 aliphatic carbocycles. The maximum Gasteiger partial charge on any atom is 0.0406 e. The highest BCUT2D eigenvalue weighted by Crippen LogP contribution is 2.32. The fourth-order valence-electron chi connectivity index (χ4n) is 2.27. The van der Waals surface area contributed by atoms with E-state index in [1.165, 1.54) is 24.8 Å². The molecule has 1 aliphatic rings. The van der Waals surface area contributed by atoms with Crippen LogP contribution in [0.2, 0.25) is 5.02 Å². The summed E-state index contributed by atoms with van der Waals surface area (Å²) in [7, 11) is 0. The Kier molecular flexibility index (Phi) is 4.91. The van der Waals surface area contributed by atoms with Crippen LogP contribution in [0.4, 0.5) is 0 Å². The van der Waals surface area contributed by atoms with Gasteiger partial charge in [-0.25, -0.2) is 0 Å². The number of nitrogens with two attached hydrogens (primary N) is 1. The van der Waals surface area contributed by atoms with Crippen LogP contribution in [0.15, 0.2) is 24.3 Å². The Morgan fingerprint density at radius 3 is 2.40 bits per heavy atom. The van der Waals surface area contributed by atoms with Crippen molar-refractivity contribution in [2.24, 2.45) is 5.73 Å². The lowest BCUT2D eigenvalue weighted by molar-refractivity contribution is 0.393. The second-order valence-electron chi connectivity index (χ2n) is 4.18. The zero-order valence-corrected chi connectivity index (χ0v) is 10.2. The predicted molar refractivity (Wildman–Crippen MR) is 67.9 cm³/mol. The Morgan fingerprint density at radius 1 is 1.13 bits per heavy atom. The van der Waals surface area contributed by atoms with Crippen molar-refractivity contribution < 1.29 is 0 Å². The second kappa shape index (κ2) is 5.74. The first-order chi connectivity index (χ1) is 6.75. The van der Waals surface area contributed by atoms with Gasteiger partial charge in [0.1, 0.15) is 0 Å². The summed E-state index contributed by atoms with van der Waals surface area (Å²) in [5.74, 6) is 0.649. The number of hydrogen-bond donors (Lipinski definition) is 1. The van der Waals surface area contributed by atoms with E-state index in [9.17, 15) is 0 Å². The lowest BCUT2D eigenvalue weighted by Crippen LogP contribution is -2.26. The fourth-order valence-corrected chi connectivity index (χ4v) is 2.39. The SMILES string of the molecule is Cl.N[C@@H]1CCC[C@H](c2ccc(Cl)cc2)C1. The summed E-state index contributed by atoms with van der Waals surface area (Å²) in [5.41, 5.74) is 7.36. The summed E-state index contributed by atoms with van der Waals surface area (Å²) in [5, 5.41) is 0.814. The topological polar surface area (TPSA) is 26.0 Å². The van der Waals surface area contributed by atoms with Gasteiger partial charge in [0.2, 0.25) is 0 Å². The van der Waals surface area contributed by atoms with E-state index in [0.29, 0.717) is 12.0 Å². The Labute approximate surface area is 102 Å². The number of rotatable bonds is 1. The quantitative estimate of drug-likeness (QED) is 0.802. The maximum atomic E-state index is 5.97. The molecule has 1 nitrogen and oxygen atoms in total. The highest BCUT2D eigenvalue weighted by Gasteiger charge is 2.20. The molecule has 0 heterocycles. The number of benzene rings is 1. The van der Waals surface area contributed by atoms with Gasteiger partial charge in [-0.05, 0) is 42.9 Å². The molecule has 3 heteroatoms. The molecule has 2 atom stereocenters. The van der Waals surface area contributed by atoms with E-state index in [0.717, 1.165) is 11.4 Å². The van der Waals surface area contributed by atoms with E-state index in [4.69, 9.17) is 17.3 Å². The molecule has 1 fully saturated rings. The summed E-state index contributed by atoms with van der Waals surface area (Å²) in [4.78, 5) is 0. The van der Waals surface area contributed by atoms with Gasteiger partial charge in [0.05, 0.1) is 0 Å². The van der Waals surface area contributed by atoms with Crippen LogP contribution in [0.5, 0.6) is 0 Å². The van der Waals surface area contributed by atoms with Crippen molar-refractivity contribution in [2.45, 2.75) is 37.6 Å². The first kappa shape index (κ1) is 12.8. The highest BCUT2D eigenvalue weighted by atomic mass is 35.5. The Hall–Kier alpha value is -0.240.